The number of carbonyl (C=O) groups excluding carboxylic acids is 1. The summed E-state index contributed by atoms with van der Waals surface area (Å²) >= 11 is 7.24. The average molecular weight is 259 g/mol. The fourth-order valence-corrected chi connectivity index (χ4v) is 1.89. The van der Waals surface area contributed by atoms with Gasteiger partial charge in [0.15, 0.2) is 0 Å². The number of halogens is 1. The van der Waals surface area contributed by atoms with Gasteiger partial charge < -0.3 is 5.73 Å². The average Bonchev–Trinajstić information content (AvgIpc) is 2.19. The molecule has 0 aliphatic heterocycles. The lowest BCUT2D eigenvalue weighted by Crippen LogP contribution is -2.19. The Hall–Kier alpha value is -0.870. The van der Waals surface area contributed by atoms with Gasteiger partial charge in [0, 0.05) is 16.0 Å². The van der Waals surface area contributed by atoms with Crippen molar-refractivity contribution in [1.82, 2.24) is 4.72 Å². The third-order valence-corrected chi connectivity index (χ3v) is 2.98. The van der Waals surface area contributed by atoms with Crippen molar-refractivity contribution >= 4 is 35.1 Å². The Morgan fingerprint density at radius 1 is 1.50 bits per heavy atom. The molecule has 1 aromatic carbocycles. The van der Waals surface area contributed by atoms with E-state index < -0.39 is 0 Å². The minimum Gasteiger partial charge on any atom is -0.398 e. The van der Waals surface area contributed by atoms with E-state index in [4.69, 9.17) is 17.3 Å². The fraction of sp³-hybridized carbons (Fsp3) is 0.364. The van der Waals surface area contributed by atoms with Crippen LogP contribution < -0.4 is 10.5 Å². The van der Waals surface area contributed by atoms with E-state index in [9.17, 15) is 4.79 Å². The number of carbonyl (C=O) groups is 1. The van der Waals surface area contributed by atoms with Crippen LogP contribution >= 0.6 is 23.5 Å². The monoisotopic (exact) mass is 258 g/mol. The van der Waals surface area contributed by atoms with Gasteiger partial charge in [0.2, 0.25) is 0 Å². The van der Waals surface area contributed by atoms with E-state index in [1.54, 1.807) is 12.1 Å². The zero-order chi connectivity index (χ0) is 12.3. The van der Waals surface area contributed by atoms with Crippen molar-refractivity contribution in [3.05, 3.63) is 28.3 Å². The molecule has 1 rings (SSSR count). The van der Waals surface area contributed by atoms with Gasteiger partial charge in [-0.15, -0.1) is 0 Å². The third kappa shape index (κ3) is 3.32. The highest BCUT2D eigenvalue weighted by Crippen LogP contribution is 2.23. The topological polar surface area (TPSA) is 55.1 Å². The molecular formula is C11H15ClN2OS. The zero-order valence-corrected chi connectivity index (χ0v) is 11.1. The second kappa shape index (κ2) is 5.46. The van der Waals surface area contributed by atoms with Gasteiger partial charge in [0.05, 0.1) is 5.56 Å². The summed E-state index contributed by atoms with van der Waals surface area (Å²) in [5.74, 6) is -0.207. The van der Waals surface area contributed by atoms with Crippen molar-refractivity contribution in [1.29, 1.82) is 0 Å². The largest absolute Gasteiger partial charge is 0.398 e. The number of aryl methyl sites for hydroxylation is 1. The molecule has 0 fully saturated rings. The molecule has 0 radical (unpaired) electrons. The standard InChI is InChI=1S/C11H15ClN2OS/c1-6(2)16-14-11(15)9-5-8(12)4-7(3)10(9)13/h4-6H,13H2,1-3H3,(H,14,15). The molecule has 5 heteroatoms. The lowest BCUT2D eigenvalue weighted by atomic mass is 10.1. The Morgan fingerprint density at radius 2 is 2.12 bits per heavy atom. The molecular weight excluding hydrogens is 244 g/mol. The predicted molar refractivity (Wildman–Crippen MR) is 70.8 cm³/mol. The van der Waals surface area contributed by atoms with Crippen molar-refractivity contribution in [2.75, 3.05) is 5.73 Å². The Kier molecular flexibility index (Phi) is 4.50. The molecule has 0 bridgehead atoms. The third-order valence-electron chi connectivity index (χ3n) is 1.98. The van der Waals surface area contributed by atoms with Gasteiger partial charge >= 0.3 is 0 Å². The summed E-state index contributed by atoms with van der Waals surface area (Å²) in [6, 6.07) is 3.32. The molecule has 1 amide bonds. The number of nitrogen functional groups attached to an aromatic ring is 1. The van der Waals surface area contributed by atoms with E-state index in [0.717, 1.165) is 5.56 Å². The molecule has 3 nitrogen and oxygen atoms in total. The van der Waals surface area contributed by atoms with Gasteiger partial charge in [-0.3, -0.25) is 9.52 Å². The highest BCUT2D eigenvalue weighted by molar-refractivity contribution is 7.98. The van der Waals surface area contributed by atoms with Gasteiger partial charge in [0.25, 0.3) is 5.91 Å². The first-order valence-corrected chi connectivity index (χ1v) is 6.19. The minimum atomic E-state index is -0.207. The quantitative estimate of drug-likeness (QED) is 0.647. The summed E-state index contributed by atoms with van der Waals surface area (Å²) in [7, 11) is 0. The van der Waals surface area contributed by atoms with Crippen LogP contribution in [0, 0.1) is 6.92 Å². The molecule has 0 atom stereocenters. The van der Waals surface area contributed by atoms with E-state index in [1.807, 2.05) is 20.8 Å². The van der Waals surface area contributed by atoms with E-state index in [1.165, 1.54) is 11.9 Å². The Bertz CT molecular complexity index is 407. The Balaban J connectivity index is 2.91. The lowest BCUT2D eigenvalue weighted by molar-refractivity contribution is 0.0985. The highest BCUT2D eigenvalue weighted by Gasteiger charge is 2.13. The predicted octanol–water partition coefficient (Wildman–Crippen LogP) is 3.02. The maximum atomic E-state index is 11.8. The summed E-state index contributed by atoms with van der Waals surface area (Å²) in [6.45, 7) is 5.82. The van der Waals surface area contributed by atoms with E-state index in [2.05, 4.69) is 4.72 Å². The molecule has 0 spiro atoms. The lowest BCUT2D eigenvalue weighted by Gasteiger charge is -2.10. The first-order valence-electron chi connectivity index (χ1n) is 4.93. The molecule has 0 unspecified atom stereocenters. The minimum absolute atomic E-state index is 0.207. The van der Waals surface area contributed by atoms with E-state index >= 15 is 0 Å². The molecule has 16 heavy (non-hydrogen) atoms. The molecule has 0 saturated heterocycles. The van der Waals surface area contributed by atoms with Gasteiger partial charge in [-0.05, 0) is 36.6 Å². The molecule has 3 N–H and O–H groups in total. The normalized spacial score (nSPS) is 10.6. The molecule has 0 aliphatic rings. The Morgan fingerprint density at radius 3 is 2.69 bits per heavy atom. The molecule has 1 aromatic rings. The highest BCUT2D eigenvalue weighted by atomic mass is 35.5. The molecule has 0 heterocycles. The number of hydrogen-bond acceptors (Lipinski definition) is 3. The number of anilines is 1. The van der Waals surface area contributed by atoms with Crippen molar-refractivity contribution in [3.63, 3.8) is 0 Å². The Labute approximate surface area is 105 Å². The van der Waals surface area contributed by atoms with E-state index in [-0.39, 0.29) is 5.91 Å². The summed E-state index contributed by atoms with van der Waals surface area (Å²) in [5, 5.41) is 0.844. The molecule has 0 saturated carbocycles. The van der Waals surface area contributed by atoms with Crippen LogP contribution in [0.1, 0.15) is 29.8 Å². The fourth-order valence-electron chi connectivity index (χ4n) is 1.17. The van der Waals surface area contributed by atoms with Crippen LogP contribution in [0.5, 0.6) is 0 Å². The van der Waals surface area contributed by atoms with Crippen LogP contribution in [0.25, 0.3) is 0 Å². The van der Waals surface area contributed by atoms with Gasteiger partial charge in [-0.25, -0.2) is 0 Å². The number of rotatable bonds is 3. The number of benzene rings is 1. The maximum Gasteiger partial charge on any atom is 0.263 e. The smallest absolute Gasteiger partial charge is 0.263 e. The van der Waals surface area contributed by atoms with Gasteiger partial charge in [-0.2, -0.15) is 0 Å². The summed E-state index contributed by atoms with van der Waals surface area (Å²) < 4.78 is 2.73. The summed E-state index contributed by atoms with van der Waals surface area (Å²) in [5.41, 5.74) is 7.55. The number of amides is 1. The van der Waals surface area contributed by atoms with Crippen LogP contribution in [0.3, 0.4) is 0 Å². The number of nitrogens with one attached hydrogen (secondary N) is 1. The van der Waals surface area contributed by atoms with E-state index in [0.29, 0.717) is 21.5 Å². The van der Waals surface area contributed by atoms with Gasteiger partial charge in [0.1, 0.15) is 0 Å². The number of hydrogen-bond donors (Lipinski definition) is 2. The van der Waals surface area contributed by atoms with Crippen LogP contribution in [0.15, 0.2) is 12.1 Å². The second-order valence-electron chi connectivity index (χ2n) is 3.78. The summed E-state index contributed by atoms with van der Waals surface area (Å²) in [6.07, 6.45) is 0. The van der Waals surface area contributed by atoms with Crippen molar-refractivity contribution < 1.29 is 4.79 Å². The van der Waals surface area contributed by atoms with Crippen molar-refractivity contribution in [2.24, 2.45) is 0 Å². The van der Waals surface area contributed by atoms with Crippen molar-refractivity contribution in [2.45, 2.75) is 26.0 Å². The van der Waals surface area contributed by atoms with Crippen LogP contribution in [-0.4, -0.2) is 11.2 Å². The maximum absolute atomic E-state index is 11.8. The number of nitrogens with two attached hydrogens (primary N) is 1. The zero-order valence-electron chi connectivity index (χ0n) is 9.50. The van der Waals surface area contributed by atoms with Crippen LogP contribution in [0.4, 0.5) is 5.69 Å². The molecule has 88 valence electrons. The van der Waals surface area contributed by atoms with Gasteiger partial charge in [-0.1, -0.05) is 25.4 Å². The van der Waals surface area contributed by atoms with Crippen molar-refractivity contribution in [3.8, 4) is 0 Å². The summed E-state index contributed by atoms with van der Waals surface area (Å²) in [4.78, 5) is 11.8. The SMILES string of the molecule is Cc1cc(Cl)cc(C(=O)NSC(C)C)c1N. The van der Waals surface area contributed by atoms with Crippen LogP contribution in [0.2, 0.25) is 5.02 Å². The second-order valence-corrected chi connectivity index (χ2v) is 5.60. The van der Waals surface area contributed by atoms with Crippen LogP contribution in [-0.2, 0) is 0 Å². The first kappa shape index (κ1) is 13.2. The first-order chi connectivity index (χ1) is 7.41. The molecule has 0 aliphatic carbocycles. The molecule has 0 aromatic heterocycles.